The Balaban J connectivity index is 1.94. The van der Waals surface area contributed by atoms with Crippen LogP contribution in [0.4, 0.5) is 10.5 Å². The number of nitrogens with two attached hydrogens (primary N) is 1. The Hall–Kier alpha value is -1.99. The summed E-state index contributed by atoms with van der Waals surface area (Å²) < 4.78 is 0. The number of urea groups is 1. The number of primary amides is 1. The Labute approximate surface area is 193 Å². The Morgan fingerprint density at radius 1 is 1.03 bits per heavy atom. The van der Waals surface area contributed by atoms with Gasteiger partial charge in [0.05, 0.1) is 10.0 Å². The molecule has 0 spiro atoms. The van der Waals surface area contributed by atoms with Crippen molar-refractivity contribution in [1.29, 1.82) is 0 Å². The molecule has 1 atom stereocenters. The van der Waals surface area contributed by atoms with Crippen molar-refractivity contribution in [3.63, 3.8) is 0 Å². The molecule has 6 nitrogen and oxygen atoms in total. The fourth-order valence-electron chi connectivity index (χ4n) is 3.27. The third-order valence-corrected chi connectivity index (χ3v) is 6.14. The van der Waals surface area contributed by atoms with Crippen LogP contribution in [0.25, 0.3) is 0 Å². The highest BCUT2D eigenvalue weighted by Gasteiger charge is 2.41. The van der Waals surface area contributed by atoms with Gasteiger partial charge in [0.15, 0.2) is 0 Å². The quantitative estimate of drug-likeness (QED) is 0.646. The topological polar surface area (TPSA) is 83.7 Å². The zero-order chi connectivity index (χ0) is 22.0. The Bertz CT molecular complexity index is 1010. The van der Waals surface area contributed by atoms with E-state index in [0.29, 0.717) is 27.2 Å². The predicted octanol–water partition coefficient (Wildman–Crippen LogP) is 4.95. The second kappa shape index (κ2) is 9.43. The van der Waals surface area contributed by atoms with Gasteiger partial charge in [0.2, 0.25) is 11.8 Å². The molecule has 3 rings (SSSR count). The molecule has 1 aliphatic rings. The van der Waals surface area contributed by atoms with E-state index in [1.54, 1.807) is 30.3 Å². The van der Waals surface area contributed by atoms with Crippen molar-refractivity contribution in [2.75, 3.05) is 11.4 Å². The van der Waals surface area contributed by atoms with Gasteiger partial charge >= 0.3 is 6.03 Å². The maximum atomic E-state index is 13.3. The maximum Gasteiger partial charge on any atom is 0.331 e. The van der Waals surface area contributed by atoms with Gasteiger partial charge in [0.25, 0.3) is 0 Å². The number of anilines is 1. The third-order valence-electron chi connectivity index (χ3n) is 4.81. The molecule has 1 aliphatic heterocycles. The molecule has 2 N–H and O–H groups in total. The molecule has 1 heterocycles. The van der Waals surface area contributed by atoms with Gasteiger partial charge in [-0.1, -0.05) is 52.5 Å². The molecule has 4 amide bonds. The number of amides is 4. The van der Waals surface area contributed by atoms with Crippen LogP contribution in [0.1, 0.15) is 18.4 Å². The van der Waals surface area contributed by atoms with Crippen LogP contribution >= 0.6 is 46.4 Å². The number of carbonyl (C=O) groups excluding carboxylic acids is 3. The number of hydrogen-bond acceptors (Lipinski definition) is 3. The fourth-order valence-corrected chi connectivity index (χ4v) is 4.06. The molecule has 2 aromatic carbocycles. The predicted molar refractivity (Wildman–Crippen MR) is 118 cm³/mol. The fraction of sp³-hybridized carbons (Fsp3) is 0.250. The lowest BCUT2D eigenvalue weighted by Gasteiger charge is -2.30. The molecule has 1 unspecified atom stereocenters. The first kappa shape index (κ1) is 22.7. The smallest absolute Gasteiger partial charge is 0.331 e. The average molecular weight is 489 g/mol. The number of rotatable bonds is 5. The summed E-state index contributed by atoms with van der Waals surface area (Å²) in [7, 11) is 0. The minimum absolute atomic E-state index is 0.0670. The van der Waals surface area contributed by atoms with Crippen LogP contribution in [0, 0.1) is 0 Å². The lowest BCUT2D eigenvalue weighted by Crippen LogP contribution is -2.52. The molecule has 1 saturated heterocycles. The second-order valence-corrected chi connectivity index (χ2v) is 8.40. The van der Waals surface area contributed by atoms with Crippen LogP contribution in [-0.2, 0) is 16.0 Å². The molecule has 0 aliphatic carbocycles. The van der Waals surface area contributed by atoms with E-state index in [-0.39, 0.29) is 24.4 Å². The number of carbonyl (C=O) groups is 3. The lowest BCUT2D eigenvalue weighted by molar-refractivity contribution is -0.130. The molecule has 1 fully saturated rings. The molecule has 10 heteroatoms. The zero-order valence-electron chi connectivity index (χ0n) is 15.6. The van der Waals surface area contributed by atoms with Gasteiger partial charge in [-0.05, 0) is 48.7 Å². The van der Waals surface area contributed by atoms with E-state index in [2.05, 4.69) is 0 Å². The molecule has 30 heavy (non-hydrogen) atoms. The van der Waals surface area contributed by atoms with Crippen molar-refractivity contribution in [2.24, 2.45) is 5.73 Å². The lowest BCUT2D eigenvalue weighted by atomic mass is 10.1. The average Bonchev–Trinajstić information content (AvgIpc) is 3.07. The van der Waals surface area contributed by atoms with E-state index in [1.807, 2.05) is 0 Å². The van der Waals surface area contributed by atoms with E-state index in [9.17, 15) is 14.4 Å². The van der Waals surface area contributed by atoms with Crippen molar-refractivity contribution >= 4 is 69.9 Å². The maximum absolute atomic E-state index is 13.3. The van der Waals surface area contributed by atoms with Crippen molar-refractivity contribution in [2.45, 2.75) is 25.3 Å². The van der Waals surface area contributed by atoms with Crippen LogP contribution in [0.2, 0.25) is 20.1 Å². The van der Waals surface area contributed by atoms with Gasteiger partial charge in [-0.15, -0.1) is 0 Å². The monoisotopic (exact) mass is 487 g/mol. The summed E-state index contributed by atoms with van der Waals surface area (Å²) in [5, 5.41) is 1.51. The normalized spacial score (nSPS) is 16.1. The Morgan fingerprint density at radius 3 is 2.40 bits per heavy atom. The number of likely N-dealkylation sites (tertiary alicyclic amines) is 1. The van der Waals surface area contributed by atoms with Gasteiger partial charge in [0, 0.05) is 28.7 Å². The molecule has 0 aromatic heterocycles. The largest absolute Gasteiger partial charge is 0.368 e. The van der Waals surface area contributed by atoms with Crippen LogP contribution in [0.15, 0.2) is 36.4 Å². The SMILES string of the molecule is NC(=O)C1CCC(=O)N1C(=O)N(CCc1ccc(Cl)cc1Cl)c1ccc(Cl)c(Cl)c1. The van der Waals surface area contributed by atoms with Crippen molar-refractivity contribution in [1.82, 2.24) is 4.90 Å². The Kier molecular flexibility index (Phi) is 7.14. The minimum Gasteiger partial charge on any atom is -0.368 e. The molecule has 0 saturated carbocycles. The van der Waals surface area contributed by atoms with Gasteiger partial charge in [0.1, 0.15) is 6.04 Å². The number of nitrogens with zero attached hydrogens (tertiary/aromatic N) is 2. The van der Waals surface area contributed by atoms with E-state index in [4.69, 9.17) is 52.1 Å². The summed E-state index contributed by atoms with van der Waals surface area (Å²) >= 11 is 24.3. The molecule has 2 aromatic rings. The van der Waals surface area contributed by atoms with Gasteiger partial charge in [-0.25, -0.2) is 4.79 Å². The summed E-state index contributed by atoms with van der Waals surface area (Å²) in [4.78, 5) is 39.7. The third kappa shape index (κ3) is 4.83. The molecular weight excluding hydrogens is 472 g/mol. The van der Waals surface area contributed by atoms with E-state index >= 15 is 0 Å². The van der Waals surface area contributed by atoms with Crippen molar-refractivity contribution in [3.8, 4) is 0 Å². The van der Waals surface area contributed by atoms with Crippen molar-refractivity contribution < 1.29 is 14.4 Å². The van der Waals surface area contributed by atoms with Crippen LogP contribution in [0.5, 0.6) is 0 Å². The van der Waals surface area contributed by atoms with E-state index in [0.717, 1.165) is 10.5 Å². The summed E-state index contributed by atoms with van der Waals surface area (Å²) in [6.45, 7) is 0.160. The minimum atomic E-state index is -0.991. The highest BCUT2D eigenvalue weighted by atomic mass is 35.5. The summed E-state index contributed by atoms with van der Waals surface area (Å²) in [5.41, 5.74) is 6.58. The van der Waals surface area contributed by atoms with Gasteiger partial charge < -0.3 is 5.73 Å². The first-order chi connectivity index (χ1) is 14.2. The summed E-state index contributed by atoms with van der Waals surface area (Å²) in [6, 6.07) is 8.08. The number of imide groups is 1. The molecule has 0 radical (unpaired) electrons. The van der Waals surface area contributed by atoms with Gasteiger partial charge in [-0.2, -0.15) is 0 Å². The highest BCUT2D eigenvalue weighted by Crippen LogP contribution is 2.30. The van der Waals surface area contributed by atoms with E-state index < -0.39 is 23.9 Å². The second-order valence-electron chi connectivity index (χ2n) is 6.74. The van der Waals surface area contributed by atoms with Gasteiger partial charge in [-0.3, -0.25) is 19.4 Å². The molecule has 0 bridgehead atoms. The molecule has 158 valence electrons. The standard InChI is InChI=1S/C20H17Cl4N3O3/c21-12-2-1-11(15(23)9-12)7-8-26(13-3-4-14(22)16(24)10-13)20(30)27-17(19(25)29)5-6-18(27)28/h1-4,9-10,17H,5-8H2,(H2,25,29). The van der Waals surface area contributed by atoms with Crippen LogP contribution < -0.4 is 10.6 Å². The van der Waals surface area contributed by atoms with Crippen molar-refractivity contribution in [3.05, 3.63) is 62.1 Å². The van der Waals surface area contributed by atoms with E-state index in [1.165, 1.54) is 11.0 Å². The number of hydrogen-bond donors (Lipinski definition) is 1. The number of halogens is 4. The first-order valence-corrected chi connectivity index (χ1v) is 10.5. The zero-order valence-corrected chi connectivity index (χ0v) is 18.6. The summed E-state index contributed by atoms with van der Waals surface area (Å²) in [5.74, 6) is -1.19. The number of benzene rings is 2. The van der Waals surface area contributed by atoms with Crippen LogP contribution in [0.3, 0.4) is 0 Å². The first-order valence-electron chi connectivity index (χ1n) is 9.01. The summed E-state index contributed by atoms with van der Waals surface area (Å²) in [6.07, 6.45) is 0.626. The van der Waals surface area contributed by atoms with Crippen LogP contribution in [-0.4, -0.2) is 35.3 Å². The Morgan fingerprint density at radius 2 is 1.77 bits per heavy atom. The highest BCUT2D eigenvalue weighted by molar-refractivity contribution is 6.42. The molecular formula is C20H17Cl4N3O3.